The molecule has 1 unspecified atom stereocenters. The molecule has 1 aromatic rings. The van der Waals surface area contributed by atoms with E-state index in [4.69, 9.17) is 9.47 Å². The van der Waals surface area contributed by atoms with Crippen LogP contribution in [-0.4, -0.2) is 64.3 Å². The van der Waals surface area contributed by atoms with Crippen LogP contribution in [0.1, 0.15) is 32.8 Å². The lowest BCUT2D eigenvalue weighted by atomic mass is 9.73. The number of carbonyl (C=O) groups excluding carboxylic acids is 2. The highest BCUT2D eigenvalue weighted by Gasteiger charge is 2.61. The van der Waals surface area contributed by atoms with Crippen LogP contribution >= 0.6 is 0 Å². The van der Waals surface area contributed by atoms with E-state index in [9.17, 15) is 19.5 Å². The SMILES string of the molecule is CC(C)(C)OC(=O)N1CCC2(CN(C(=O)OCc3ccccc3)C2)C1C(=O)O. The summed E-state index contributed by atoms with van der Waals surface area (Å²) in [6, 6.07) is 8.32. The molecule has 2 aliphatic rings. The van der Waals surface area contributed by atoms with Crippen molar-refractivity contribution >= 4 is 18.2 Å². The van der Waals surface area contributed by atoms with Crippen LogP contribution in [0.3, 0.4) is 0 Å². The van der Waals surface area contributed by atoms with E-state index in [1.807, 2.05) is 30.3 Å². The molecule has 2 heterocycles. The normalized spacial score (nSPS) is 20.6. The summed E-state index contributed by atoms with van der Waals surface area (Å²) in [5, 5.41) is 9.72. The molecule has 2 aliphatic heterocycles. The number of rotatable bonds is 3. The molecule has 3 rings (SSSR count). The van der Waals surface area contributed by atoms with Crippen LogP contribution < -0.4 is 0 Å². The number of carboxylic acids is 1. The van der Waals surface area contributed by atoms with Crippen molar-refractivity contribution in [3.05, 3.63) is 35.9 Å². The first kappa shape index (κ1) is 20.0. The first-order chi connectivity index (χ1) is 13.1. The van der Waals surface area contributed by atoms with Gasteiger partial charge < -0.3 is 19.5 Å². The second-order valence-corrected chi connectivity index (χ2v) is 8.42. The fraction of sp³-hybridized carbons (Fsp3) is 0.550. The van der Waals surface area contributed by atoms with Crippen molar-refractivity contribution in [2.45, 2.75) is 45.4 Å². The third kappa shape index (κ3) is 4.05. The van der Waals surface area contributed by atoms with Gasteiger partial charge in [0, 0.05) is 25.0 Å². The molecule has 0 radical (unpaired) electrons. The monoisotopic (exact) mass is 390 g/mol. The highest BCUT2D eigenvalue weighted by Crippen LogP contribution is 2.45. The van der Waals surface area contributed by atoms with Gasteiger partial charge in [-0.25, -0.2) is 14.4 Å². The van der Waals surface area contributed by atoms with Crippen molar-refractivity contribution in [1.82, 2.24) is 9.80 Å². The number of hydrogen-bond donors (Lipinski definition) is 1. The van der Waals surface area contributed by atoms with Crippen LogP contribution in [0.2, 0.25) is 0 Å². The molecule has 0 aromatic heterocycles. The molecule has 0 saturated carbocycles. The van der Waals surface area contributed by atoms with Crippen LogP contribution in [-0.2, 0) is 20.9 Å². The van der Waals surface area contributed by atoms with Crippen molar-refractivity contribution in [3.8, 4) is 0 Å². The van der Waals surface area contributed by atoms with Gasteiger partial charge in [-0.1, -0.05) is 30.3 Å². The van der Waals surface area contributed by atoms with Crippen molar-refractivity contribution in [2.24, 2.45) is 5.41 Å². The number of amides is 2. The Hall–Kier alpha value is -2.77. The molecule has 8 heteroatoms. The van der Waals surface area contributed by atoms with Gasteiger partial charge in [-0.05, 0) is 32.8 Å². The van der Waals surface area contributed by atoms with Gasteiger partial charge in [0.15, 0.2) is 0 Å². The van der Waals surface area contributed by atoms with Crippen LogP contribution in [0, 0.1) is 5.41 Å². The minimum atomic E-state index is -1.08. The molecule has 0 bridgehead atoms. The highest BCUT2D eigenvalue weighted by molar-refractivity contribution is 5.83. The van der Waals surface area contributed by atoms with E-state index in [-0.39, 0.29) is 19.7 Å². The summed E-state index contributed by atoms with van der Waals surface area (Å²) < 4.78 is 10.6. The largest absolute Gasteiger partial charge is 0.480 e. The number of nitrogens with zero attached hydrogens (tertiary/aromatic N) is 2. The zero-order valence-electron chi connectivity index (χ0n) is 16.4. The number of likely N-dealkylation sites (tertiary alicyclic amines) is 2. The molecule has 1 N–H and O–H groups in total. The molecule has 152 valence electrons. The number of hydrogen-bond acceptors (Lipinski definition) is 5. The topological polar surface area (TPSA) is 96.4 Å². The Bertz CT molecular complexity index is 752. The molecule has 2 saturated heterocycles. The molecule has 8 nitrogen and oxygen atoms in total. The Kier molecular flexibility index (Phi) is 5.23. The zero-order chi connectivity index (χ0) is 20.5. The average molecular weight is 390 g/mol. The quantitative estimate of drug-likeness (QED) is 0.852. The van der Waals surface area contributed by atoms with Crippen molar-refractivity contribution in [1.29, 1.82) is 0 Å². The summed E-state index contributed by atoms with van der Waals surface area (Å²) in [6.07, 6.45) is -0.609. The second kappa shape index (κ2) is 7.33. The molecular weight excluding hydrogens is 364 g/mol. The van der Waals surface area contributed by atoms with Gasteiger partial charge in [0.1, 0.15) is 18.2 Å². The van der Waals surface area contributed by atoms with E-state index in [1.54, 1.807) is 20.8 Å². The minimum Gasteiger partial charge on any atom is -0.480 e. The summed E-state index contributed by atoms with van der Waals surface area (Å²) >= 11 is 0. The number of carbonyl (C=O) groups is 3. The van der Waals surface area contributed by atoms with Crippen LogP contribution in [0.15, 0.2) is 30.3 Å². The fourth-order valence-corrected chi connectivity index (χ4v) is 3.84. The molecule has 28 heavy (non-hydrogen) atoms. The Morgan fingerprint density at radius 2 is 1.79 bits per heavy atom. The predicted octanol–water partition coefficient (Wildman–Crippen LogP) is 2.72. The maximum absolute atomic E-state index is 12.4. The molecule has 2 fully saturated rings. The van der Waals surface area contributed by atoms with Crippen LogP contribution in [0.5, 0.6) is 0 Å². The highest BCUT2D eigenvalue weighted by atomic mass is 16.6. The van der Waals surface area contributed by atoms with Gasteiger partial charge in [0.25, 0.3) is 0 Å². The first-order valence-electron chi connectivity index (χ1n) is 9.29. The molecule has 1 atom stereocenters. The average Bonchev–Trinajstić information content (AvgIpc) is 2.99. The predicted molar refractivity (Wildman–Crippen MR) is 99.6 cm³/mol. The van der Waals surface area contributed by atoms with E-state index < -0.39 is 35.2 Å². The minimum absolute atomic E-state index is 0.162. The molecule has 2 amide bonds. The first-order valence-corrected chi connectivity index (χ1v) is 9.29. The Morgan fingerprint density at radius 1 is 1.14 bits per heavy atom. The standard InChI is InChI=1S/C20H26N2O6/c1-19(2,3)28-18(26)22-10-9-20(15(22)16(23)24)12-21(13-20)17(25)27-11-14-7-5-4-6-8-14/h4-8,15H,9-13H2,1-3H3,(H,23,24). The second-order valence-electron chi connectivity index (χ2n) is 8.42. The van der Waals surface area contributed by atoms with Gasteiger partial charge in [-0.3, -0.25) is 4.90 Å². The Labute approximate surface area is 164 Å². The lowest BCUT2D eigenvalue weighted by Gasteiger charge is -2.49. The summed E-state index contributed by atoms with van der Waals surface area (Å²) in [5.41, 5.74) is -0.483. The van der Waals surface area contributed by atoms with Crippen LogP contribution in [0.4, 0.5) is 9.59 Å². The van der Waals surface area contributed by atoms with E-state index in [2.05, 4.69) is 0 Å². The molecular formula is C20H26N2O6. The third-order valence-electron chi connectivity index (χ3n) is 5.08. The maximum Gasteiger partial charge on any atom is 0.411 e. The number of aliphatic carboxylic acids is 1. The van der Waals surface area contributed by atoms with Crippen LogP contribution in [0.25, 0.3) is 0 Å². The van der Waals surface area contributed by atoms with Crippen molar-refractivity contribution < 1.29 is 29.0 Å². The van der Waals surface area contributed by atoms with Gasteiger partial charge in [0.2, 0.25) is 0 Å². The van der Waals surface area contributed by atoms with Crippen molar-refractivity contribution in [2.75, 3.05) is 19.6 Å². The van der Waals surface area contributed by atoms with E-state index in [0.29, 0.717) is 13.0 Å². The van der Waals surface area contributed by atoms with Gasteiger partial charge in [0.05, 0.1) is 0 Å². The summed E-state index contributed by atoms with van der Waals surface area (Å²) in [5.74, 6) is -1.08. The van der Waals surface area contributed by atoms with Gasteiger partial charge in [-0.2, -0.15) is 0 Å². The smallest absolute Gasteiger partial charge is 0.411 e. The summed E-state index contributed by atoms with van der Waals surface area (Å²) in [7, 11) is 0. The summed E-state index contributed by atoms with van der Waals surface area (Å²) in [6.45, 7) is 6.16. The lowest BCUT2D eigenvalue weighted by Crippen LogP contribution is -2.65. The van der Waals surface area contributed by atoms with E-state index in [0.717, 1.165) is 5.56 Å². The van der Waals surface area contributed by atoms with Crippen molar-refractivity contribution in [3.63, 3.8) is 0 Å². The number of ether oxygens (including phenoxy) is 2. The van der Waals surface area contributed by atoms with E-state index >= 15 is 0 Å². The maximum atomic E-state index is 12.4. The number of benzene rings is 1. The van der Waals surface area contributed by atoms with Gasteiger partial charge >= 0.3 is 18.2 Å². The fourth-order valence-electron chi connectivity index (χ4n) is 3.84. The third-order valence-corrected chi connectivity index (χ3v) is 5.08. The lowest BCUT2D eigenvalue weighted by molar-refractivity contribution is -0.150. The number of carboxylic acid groups (broad SMARTS) is 1. The van der Waals surface area contributed by atoms with E-state index in [1.165, 1.54) is 9.80 Å². The van der Waals surface area contributed by atoms with Gasteiger partial charge in [-0.15, -0.1) is 0 Å². The Balaban J connectivity index is 1.60. The summed E-state index contributed by atoms with van der Waals surface area (Å²) in [4.78, 5) is 39.3. The zero-order valence-corrected chi connectivity index (χ0v) is 16.4. The molecule has 1 aromatic carbocycles. The molecule has 1 spiro atoms. The Morgan fingerprint density at radius 3 is 2.36 bits per heavy atom. The molecule has 0 aliphatic carbocycles.